The number of aromatic nitrogens is 1. The molecule has 1 aliphatic carbocycles. The van der Waals surface area contributed by atoms with Crippen molar-refractivity contribution >= 4 is 16.8 Å². The molecule has 2 atom stereocenters. The first-order chi connectivity index (χ1) is 13.2. The van der Waals surface area contributed by atoms with Crippen molar-refractivity contribution in [2.45, 2.75) is 18.8 Å². The van der Waals surface area contributed by atoms with Gasteiger partial charge in [0, 0.05) is 24.1 Å². The van der Waals surface area contributed by atoms with Gasteiger partial charge in [-0.15, -0.1) is 0 Å². The molecule has 0 saturated heterocycles. The van der Waals surface area contributed by atoms with Crippen molar-refractivity contribution in [2.24, 2.45) is 5.92 Å². The highest BCUT2D eigenvalue weighted by Gasteiger charge is 2.43. The third kappa shape index (κ3) is 3.72. The Morgan fingerprint density at radius 3 is 2.78 bits per heavy atom. The fourth-order valence-corrected chi connectivity index (χ4v) is 3.54. The Hall–Kier alpha value is -3.08. The second kappa shape index (κ2) is 7.27. The average molecular weight is 362 g/mol. The Morgan fingerprint density at radius 1 is 1.19 bits per heavy atom. The maximum Gasteiger partial charge on any atom is 0.251 e. The van der Waals surface area contributed by atoms with E-state index in [4.69, 9.17) is 4.74 Å². The Labute approximate surface area is 157 Å². The molecule has 0 bridgehead atoms. The summed E-state index contributed by atoms with van der Waals surface area (Å²) in [7, 11) is 1.60. The number of pyridine rings is 1. The predicted octanol–water partition coefficient (Wildman–Crippen LogP) is 3.00. The van der Waals surface area contributed by atoms with Gasteiger partial charge in [-0.25, -0.2) is 0 Å². The summed E-state index contributed by atoms with van der Waals surface area (Å²) in [6.45, 7) is 0.460. The number of hydrogen-bond donors (Lipinski definition) is 2. The zero-order valence-corrected chi connectivity index (χ0v) is 15.2. The molecule has 0 aliphatic heterocycles. The number of aromatic amines is 1. The molecule has 5 heteroatoms. The molecule has 2 unspecified atom stereocenters. The molecular formula is C22H22N2O3. The zero-order valence-electron chi connectivity index (χ0n) is 15.2. The summed E-state index contributed by atoms with van der Waals surface area (Å²) in [5.41, 5.74) is 2.51. The van der Waals surface area contributed by atoms with Crippen molar-refractivity contribution in [2.75, 3.05) is 13.7 Å². The quantitative estimate of drug-likeness (QED) is 0.708. The smallest absolute Gasteiger partial charge is 0.251 e. The van der Waals surface area contributed by atoms with E-state index in [1.54, 1.807) is 13.2 Å². The average Bonchev–Trinajstić information content (AvgIpc) is 3.49. The molecule has 2 N–H and O–H groups in total. The normalized spacial score (nSPS) is 18.3. The van der Waals surface area contributed by atoms with Crippen LogP contribution in [0.4, 0.5) is 0 Å². The van der Waals surface area contributed by atoms with E-state index in [0.29, 0.717) is 30.2 Å². The van der Waals surface area contributed by atoms with E-state index in [9.17, 15) is 9.59 Å². The third-order valence-electron chi connectivity index (χ3n) is 5.18. The first-order valence-electron chi connectivity index (χ1n) is 9.18. The topological polar surface area (TPSA) is 71.2 Å². The van der Waals surface area contributed by atoms with Gasteiger partial charge in [-0.2, -0.15) is 0 Å². The molecule has 1 amide bonds. The van der Waals surface area contributed by atoms with Crippen LogP contribution in [0.5, 0.6) is 5.75 Å². The van der Waals surface area contributed by atoms with Crippen LogP contribution in [0.1, 0.15) is 23.5 Å². The molecule has 5 nitrogen and oxygen atoms in total. The molecule has 4 rings (SSSR count). The largest absolute Gasteiger partial charge is 0.497 e. The van der Waals surface area contributed by atoms with Gasteiger partial charge in [0.1, 0.15) is 5.75 Å². The van der Waals surface area contributed by atoms with E-state index in [-0.39, 0.29) is 17.4 Å². The van der Waals surface area contributed by atoms with E-state index >= 15 is 0 Å². The number of carbonyl (C=O) groups is 1. The highest BCUT2D eigenvalue weighted by Crippen LogP contribution is 2.47. The number of methoxy groups -OCH3 is 1. The van der Waals surface area contributed by atoms with E-state index in [2.05, 4.69) is 22.4 Å². The van der Waals surface area contributed by atoms with Gasteiger partial charge >= 0.3 is 0 Å². The lowest BCUT2D eigenvalue weighted by Crippen LogP contribution is -2.29. The molecule has 0 radical (unpaired) electrons. The fraction of sp³-hybridized carbons (Fsp3) is 0.273. The highest BCUT2D eigenvalue weighted by atomic mass is 16.5. The van der Waals surface area contributed by atoms with Gasteiger partial charge in [-0.3, -0.25) is 9.59 Å². The van der Waals surface area contributed by atoms with Gasteiger partial charge in [-0.05, 0) is 47.9 Å². The maximum atomic E-state index is 12.3. The van der Waals surface area contributed by atoms with E-state index in [0.717, 1.165) is 17.3 Å². The van der Waals surface area contributed by atoms with Crippen molar-refractivity contribution in [1.29, 1.82) is 0 Å². The first kappa shape index (κ1) is 17.3. The van der Waals surface area contributed by atoms with Crippen molar-refractivity contribution in [3.8, 4) is 5.75 Å². The van der Waals surface area contributed by atoms with Crippen molar-refractivity contribution in [3.63, 3.8) is 0 Å². The van der Waals surface area contributed by atoms with Crippen LogP contribution in [0.15, 0.2) is 59.4 Å². The molecule has 1 aromatic heterocycles. The number of hydrogen-bond acceptors (Lipinski definition) is 3. The van der Waals surface area contributed by atoms with E-state index < -0.39 is 0 Å². The summed E-state index contributed by atoms with van der Waals surface area (Å²) >= 11 is 0. The van der Waals surface area contributed by atoms with Crippen LogP contribution in [-0.4, -0.2) is 24.5 Å². The van der Waals surface area contributed by atoms with Gasteiger partial charge in [0.2, 0.25) is 5.91 Å². The minimum atomic E-state index is -0.126. The predicted molar refractivity (Wildman–Crippen MR) is 105 cm³/mol. The van der Waals surface area contributed by atoms with Crippen LogP contribution in [0.3, 0.4) is 0 Å². The Morgan fingerprint density at radius 2 is 2.00 bits per heavy atom. The second-order valence-corrected chi connectivity index (χ2v) is 6.98. The molecule has 1 fully saturated rings. The molecule has 3 aromatic rings. The lowest BCUT2D eigenvalue weighted by Gasteiger charge is -2.07. The van der Waals surface area contributed by atoms with E-state index in [1.165, 1.54) is 5.56 Å². The number of benzene rings is 2. The van der Waals surface area contributed by atoms with Gasteiger partial charge in [0.05, 0.1) is 12.6 Å². The minimum Gasteiger partial charge on any atom is -0.497 e. The minimum absolute atomic E-state index is 0.0507. The first-order valence-corrected chi connectivity index (χ1v) is 9.18. The molecule has 0 spiro atoms. The number of H-pyrrole nitrogens is 1. The van der Waals surface area contributed by atoms with Crippen LogP contribution in [-0.2, 0) is 11.2 Å². The third-order valence-corrected chi connectivity index (χ3v) is 5.18. The van der Waals surface area contributed by atoms with Crippen LogP contribution >= 0.6 is 0 Å². The van der Waals surface area contributed by atoms with Gasteiger partial charge in [0.15, 0.2) is 0 Å². The van der Waals surface area contributed by atoms with Crippen LogP contribution in [0, 0.1) is 5.92 Å². The van der Waals surface area contributed by atoms with E-state index in [1.807, 2.05) is 36.4 Å². The summed E-state index contributed by atoms with van der Waals surface area (Å²) in [5.74, 6) is 1.15. The Kier molecular flexibility index (Phi) is 4.67. The second-order valence-electron chi connectivity index (χ2n) is 6.98. The summed E-state index contributed by atoms with van der Waals surface area (Å²) in [5, 5.41) is 3.92. The molecule has 1 saturated carbocycles. The van der Waals surface area contributed by atoms with Crippen LogP contribution in [0.25, 0.3) is 10.9 Å². The number of carbonyl (C=O) groups excluding carboxylic acids is 1. The number of fused-ring (bicyclic) bond motifs is 1. The molecule has 1 aliphatic rings. The number of amides is 1. The molecular weight excluding hydrogens is 340 g/mol. The molecule has 2 aromatic carbocycles. The van der Waals surface area contributed by atoms with Crippen molar-refractivity contribution in [3.05, 3.63) is 76.1 Å². The molecule has 27 heavy (non-hydrogen) atoms. The lowest BCUT2D eigenvalue weighted by molar-refractivity contribution is -0.122. The summed E-state index contributed by atoms with van der Waals surface area (Å²) in [6.07, 6.45) is 1.40. The summed E-state index contributed by atoms with van der Waals surface area (Å²) in [4.78, 5) is 27.5. The van der Waals surface area contributed by atoms with Gasteiger partial charge < -0.3 is 15.0 Å². The van der Waals surface area contributed by atoms with Crippen LogP contribution in [0.2, 0.25) is 0 Å². The summed E-state index contributed by atoms with van der Waals surface area (Å²) in [6, 6.07) is 17.6. The van der Waals surface area contributed by atoms with Crippen molar-refractivity contribution in [1.82, 2.24) is 10.3 Å². The Balaban J connectivity index is 1.36. The standard InChI is InChI=1S/C22H22N2O3/c1-27-17-8-7-15-11-16(21(25)24-20(15)12-17)9-10-23-22(26)19-13-18(19)14-5-3-2-4-6-14/h2-8,11-12,18-19H,9-10,13H2,1H3,(H,23,26)(H,24,25). The summed E-state index contributed by atoms with van der Waals surface area (Å²) < 4.78 is 5.18. The molecule has 138 valence electrons. The van der Waals surface area contributed by atoms with Crippen LogP contribution < -0.4 is 15.6 Å². The number of nitrogens with one attached hydrogen (secondary N) is 2. The SMILES string of the molecule is COc1ccc2cc(CCNC(=O)C3CC3c3ccccc3)c(=O)[nH]c2c1. The lowest BCUT2D eigenvalue weighted by atomic mass is 10.1. The molecule has 1 heterocycles. The van der Waals surface area contributed by atoms with Crippen molar-refractivity contribution < 1.29 is 9.53 Å². The van der Waals surface area contributed by atoms with Gasteiger partial charge in [0.25, 0.3) is 5.56 Å². The van der Waals surface area contributed by atoms with Gasteiger partial charge in [-0.1, -0.05) is 30.3 Å². The number of rotatable bonds is 6. The maximum absolute atomic E-state index is 12.3. The highest BCUT2D eigenvalue weighted by molar-refractivity contribution is 5.83. The zero-order chi connectivity index (χ0) is 18.8. The Bertz CT molecular complexity index is 1030. The monoisotopic (exact) mass is 362 g/mol. The number of ether oxygens (including phenoxy) is 1. The fourth-order valence-electron chi connectivity index (χ4n) is 3.54.